The normalized spacial score (nSPS) is 11.3. The van der Waals surface area contributed by atoms with Crippen molar-refractivity contribution >= 4 is 17.4 Å². The third-order valence-electron chi connectivity index (χ3n) is 2.69. The zero-order chi connectivity index (χ0) is 15.4. The van der Waals surface area contributed by atoms with Crippen LogP contribution in [0.25, 0.3) is 0 Å². The lowest BCUT2D eigenvalue weighted by atomic mass is 10.1. The van der Waals surface area contributed by atoms with Crippen LogP contribution in [0.15, 0.2) is 41.6 Å². The Labute approximate surface area is 125 Å². The van der Waals surface area contributed by atoms with Crippen LogP contribution in [0.4, 0.5) is 4.39 Å². The van der Waals surface area contributed by atoms with Gasteiger partial charge in [-0.15, -0.1) is 0 Å². The van der Waals surface area contributed by atoms with Gasteiger partial charge < -0.3 is 20.4 Å². The molecular formula is C14H12ClFN2O3. The van der Waals surface area contributed by atoms with E-state index in [4.69, 9.17) is 32.0 Å². The van der Waals surface area contributed by atoms with Gasteiger partial charge in [0.2, 0.25) is 0 Å². The first-order chi connectivity index (χ1) is 10.0. The predicted octanol–water partition coefficient (Wildman–Crippen LogP) is 3.37. The molecule has 0 heterocycles. The first kappa shape index (κ1) is 14.9. The van der Waals surface area contributed by atoms with Crippen molar-refractivity contribution < 1.29 is 19.1 Å². The van der Waals surface area contributed by atoms with Gasteiger partial charge in [-0.2, -0.15) is 0 Å². The fraction of sp³-hybridized carbons (Fsp3) is 0.0714. The highest BCUT2D eigenvalue weighted by atomic mass is 35.5. The van der Waals surface area contributed by atoms with Crippen molar-refractivity contribution in [1.29, 1.82) is 0 Å². The maximum absolute atomic E-state index is 13.1. The molecular weight excluding hydrogens is 299 g/mol. The summed E-state index contributed by atoms with van der Waals surface area (Å²) < 4.78 is 23.8. The molecule has 0 amide bonds. The quantitative estimate of drug-likeness (QED) is 0.393. The van der Waals surface area contributed by atoms with Gasteiger partial charge in [0.05, 0.1) is 17.7 Å². The summed E-state index contributed by atoms with van der Waals surface area (Å²) in [6, 6.07) is 8.70. The SMILES string of the molecule is COc1ccc(/C(N)=N/O)c(Oc2ccc(F)c(Cl)c2)c1. The number of hydrogen-bond donors (Lipinski definition) is 2. The number of benzene rings is 2. The van der Waals surface area contributed by atoms with Crippen molar-refractivity contribution in [2.45, 2.75) is 0 Å². The van der Waals surface area contributed by atoms with E-state index in [0.29, 0.717) is 17.1 Å². The molecule has 5 nitrogen and oxygen atoms in total. The molecule has 0 radical (unpaired) electrons. The number of amidine groups is 1. The van der Waals surface area contributed by atoms with Gasteiger partial charge in [0.1, 0.15) is 23.1 Å². The van der Waals surface area contributed by atoms with E-state index in [1.165, 1.54) is 25.3 Å². The maximum Gasteiger partial charge on any atom is 0.173 e. The third kappa shape index (κ3) is 3.35. The van der Waals surface area contributed by atoms with Crippen LogP contribution in [0.3, 0.4) is 0 Å². The minimum absolute atomic E-state index is 0.0688. The number of methoxy groups -OCH3 is 1. The van der Waals surface area contributed by atoms with Crippen LogP contribution in [0.1, 0.15) is 5.56 Å². The van der Waals surface area contributed by atoms with E-state index in [0.717, 1.165) is 0 Å². The minimum Gasteiger partial charge on any atom is -0.497 e. The van der Waals surface area contributed by atoms with Crippen LogP contribution >= 0.6 is 11.6 Å². The molecule has 2 aromatic rings. The molecule has 0 atom stereocenters. The lowest BCUT2D eigenvalue weighted by Gasteiger charge is -2.12. The van der Waals surface area contributed by atoms with Gasteiger partial charge in [-0.1, -0.05) is 16.8 Å². The molecule has 0 fully saturated rings. The molecule has 2 aromatic carbocycles. The van der Waals surface area contributed by atoms with Crippen LogP contribution in [-0.2, 0) is 0 Å². The molecule has 0 saturated heterocycles. The Morgan fingerprint density at radius 1 is 1.24 bits per heavy atom. The first-order valence-electron chi connectivity index (χ1n) is 5.84. The zero-order valence-electron chi connectivity index (χ0n) is 11.0. The first-order valence-corrected chi connectivity index (χ1v) is 6.21. The molecule has 0 aliphatic rings. The number of nitrogens with two attached hydrogens (primary N) is 1. The molecule has 0 aromatic heterocycles. The van der Waals surface area contributed by atoms with Gasteiger partial charge in [0.15, 0.2) is 5.84 Å². The van der Waals surface area contributed by atoms with Crippen LogP contribution in [0.5, 0.6) is 17.2 Å². The van der Waals surface area contributed by atoms with Crippen molar-refractivity contribution in [3.8, 4) is 17.2 Å². The third-order valence-corrected chi connectivity index (χ3v) is 2.98. The summed E-state index contributed by atoms with van der Waals surface area (Å²) in [5.74, 6) is 0.439. The second kappa shape index (κ2) is 6.32. The van der Waals surface area contributed by atoms with Gasteiger partial charge in [0, 0.05) is 12.1 Å². The number of ether oxygens (including phenoxy) is 2. The lowest BCUT2D eigenvalue weighted by molar-refractivity contribution is 0.318. The van der Waals surface area contributed by atoms with Crippen LogP contribution in [0.2, 0.25) is 5.02 Å². The fourth-order valence-corrected chi connectivity index (χ4v) is 1.82. The van der Waals surface area contributed by atoms with Gasteiger partial charge >= 0.3 is 0 Å². The number of hydrogen-bond acceptors (Lipinski definition) is 4. The Morgan fingerprint density at radius 2 is 1.95 bits per heavy atom. The maximum atomic E-state index is 13.1. The number of oxime groups is 1. The summed E-state index contributed by atoms with van der Waals surface area (Å²) in [6.07, 6.45) is 0. The molecule has 0 spiro atoms. The number of rotatable bonds is 4. The monoisotopic (exact) mass is 310 g/mol. The molecule has 0 unspecified atom stereocenters. The Balaban J connectivity index is 2.43. The molecule has 110 valence electrons. The van der Waals surface area contributed by atoms with E-state index in [1.807, 2.05) is 0 Å². The smallest absolute Gasteiger partial charge is 0.173 e. The summed E-state index contributed by atoms with van der Waals surface area (Å²) in [4.78, 5) is 0. The van der Waals surface area contributed by atoms with Crippen molar-refractivity contribution in [2.75, 3.05) is 7.11 Å². The van der Waals surface area contributed by atoms with E-state index in [9.17, 15) is 4.39 Å². The van der Waals surface area contributed by atoms with Crippen molar-refractivity contribution in [3.05, 3.63) is 52.8 Å². The molecule has 0 aliphatic heterocycles. The highest BCUT2D eigenvalue weighted by molar-refractivity contribution is 6.30. The van der Waals surface area contributed by atoms with Gasteiger partial charge in [-0.3, -0.25) is 0 Å². The van der Waals surface area contributed by atoms with Crippen molar-refractivity contribution in [1.82, 2.24) is 0 Å². The highest BCUT2D eigenvalue weighted by Gasteiger charge is 2.12. The standard InChI is InChI=1S/C14H12ClFN2O3/c1-20-8-2-4-10(14(17)18-19)13(7-8)21-9-3-5-12(16)11(15)6-9/h2-7,19H,1H3,(H2,17,18). The Kier molecular flexibility index (Phi) is 4.49. The number of halogens is 2. The molecule has 2 rings (SSSR count). The van der Waals surface area contributed by atoms with Crippen LogP contribution in [0, 0.1) is 5.82 Å². The predicted molar refractivity (Wildman–Crippen MR) is 77.0 cm³/mol. The summed E-state index contributed by atoms with van der Waals surface area (Å²) in [6.45, 7) is 0. The molecule has 0 aliphatic carbocycles. The van der Waals surface area contributed by atoms with Crippen LogP contribution in [-0.4, -0.2) is 18.2 Å². The largest absolute Gasteiger partial charge is 0.497 e. The van der Waals surface area contributed by atoms with E-state index in [2.05, 4.69) is 5.16 Å². The molecule has 3 N–H and O–H groups in total. The second-order valence-corrected chi connectivity index (χ2v) is 4.43. The summed E-state index contributed by atoms with van der Waals surface area (Å²) in [5, 5.41) is 11.7. The van der Waals surface area contributed by atoms with Gasteiger partial charge in [-0.25, -0.2) is 4.39 Å². The summed E-state index contributed by atoms with van der Waals surface area (Å²) in [5.41, 5.74) is 5.95. The van der Waals surface area contributed by atoms with E-state index >= 15 is 0 Å². The fourth-order valence-electron chi connectivity index (χ4n) is 1.65. The number of nitrogens with zero attached hydrogens (tertiary/aromatic N) is 1. The Morgan fingerprint density at radius 3 is 2.57 bits per heavy atom. The van der Waals surface area contributed by atoms with Gasteiger partial charge in [-0.05, 0) is 24.3 Å². The van der Waals surface area contributed by atoms with E-state index < -0.39 is 5.82 Å². The molecule has 21 heavy (non-hydrogen) atoms. The van der Waals surface area contributed by atoms with Gasteiger partial charge in [0.25, 0.3) is 0 Å². The topological polar surface area (TPSA) is 77.1 Å². The van der Waals surface area contributed by atoms with E-state index in [1.54, 1.807) is 18.2 Å². The zero-order valence-corrected chi connectivity index (χ0v) is 11.8. The lowest BCUT2D eigenvalue weighted by Crippen LogP contribution is -2.14. The van der Waals surface area contributed by atoms with Crippen molar-refractivity contribution in [3.63, 3.8) is 0 Å². The average Bonchev–Trinajstić information content (AvgIpc) is 2.50. The van der Waals surface area contributed by atoms with E-state index in [-0.39, 0.29) is 16.6 Å². The van der Waals surface area contributed by atoms with Crippen LogP contribution < -0.4 is 15.2 Å². The Hall–Kier alpha value is -2.47. The average molecular weight is 311 g/mol. The molecule has 0 saturated carbocycles. The second-order valence-electron chi connectivity index (χ2n) is 4.03. The Bertz CT molecular complexity index is 692. The molecule has 7 heteroatoms. The summed E-state index contributed by atoms with van der Waals surface area (Å²) >= 11 is 5.70. The summed E-state index contributed by atoms with van der Waals surface area (Å²) in [7, 11) is 1.50. The van der Waals surface area contributed by atoms with Crippen molar-refractivity contribution in [2.24, 2.45) is 10.9 Å². The highest BCUT2D eigenvalue weighted by Crippen LogP contribution is 2.31. The minimum atomic E-state index is -0.550. The molecule has 0 bridgehead atoms.